The number of nitrogens with zero attached hydrogens (tertiary/aromatic N) is 1. The van der Waals surface area contributed by atoms with E-state index in [1.54, 1.807) is 14.0 Å². The Kier molecular flexibility index (Phi) is 4.43. The van der Waals surface area contributed by atoms with Gasteiger partial charge in [0.2, 0.25) is 4.34 Å². The molecule has 92 valence electrons. The summed E-state index contributed by atoms with van der Waals surface area (Å²) in [4.78, 5) is 4.97. The zero-order valence-corrected chi connectivity index (χ0v) is 11.5. The van der Waals surface area contributed by atoms with Crippen molar-refractivity contribution in [3.05, 3.63) is 10.6 Å². The molecule has 2 N–H and O–H groups in total. The highest BCUT2D eigenvalue weighted by Gasteiger charge is 2.19. The van der Waals surface area contributed by atoms with Gasteiger partial charge in [-0.2, -0.15) is 0 Å². The van der Waals surface area contributed by atoms with E-state index in [1.807, 2.05) is 13.8 Å². The third-order valence-electron chi connectivity index (χ3n) is 2.31. The van der Waals surface area contributed by atoms with Gasteiger partial charge in [-0.1, -0.05) is 0 Å². The quantitative estimate of drug-likeness (QED) is 0.818. The molecule has 16 heavy (non-hydrogen) atoms. The number of likely N-dealkylation sites (N-methyl/N-ethyl adjacent to an activating group) is 1. The van der Waals surface area contributed by atoms with Gasteiger partial charge in [0, 0.05) is 17.5 Å². The summed E-state index contributed by atoms with van der Waals surface area (Å²) < 4.78 is 26.3. The number of thiazole rings is 1. The Morgan fingerprint density at radius 3 is 2.50 bits per heavy atom. The van der Waals surface area contributed by atoms with E-state index >= 15 is 0 Å². The van der Waals surface area contributed by atoms with Crippen LogP contribution in [0.25, 0.3) is 0 Å². The highest BCUT2D eigenvalue weighted by atomic mass is 32.2. The van der Waals surface area contributed by atoms with Crippen molar-refractivity contribution in [2.45, 2.75) is 31.2 Å². The summed E-state index contributed by atoms with van der Waals surface area (Å²) in [5.74, 6) is 0. The first-order valence-corrected chi connectivity index (χ1v) is 7.27. The fourth-order valence-electron chi connectivity index (χ4n) is 0.957. The SMILES string of the molecule is CNC(C)CNS(=O)(=O)c1nc(C)c(C)s1. The Hall–Kier alpha value is -0.500. The molecule has 1 rings (SSSR count). The van der Waals surface area contributed by atoms with E-state index in [2.05, 4.69) is 15.0 Å². The minimum absolute atomic E-state index is 0.0944. The lowest BCUT2D eigenvalue weighted by molar-refractivity contribution is 0.553. The van der Waals surface area contributed by atoms with Crippen LogP contribution in [-0.4, -0.2) is 33.0 Å². The third-order valence-corrected chi connectivity index (χ3v) is 5.18. The molecule has 1 atom stereocenters. The van der Waals surface area contributed by atoms with Crippen LogP contribution in [-0.2, 0) is 10.0 Å². The van der Waals surface area contributed by atoms with Crippen molar-refractivity contribution >= 4 is 21.4 Å². The number of rotatable bonds is 5. The van der Waals surface area contributed by atoms with Crippen molar-refractivity contribution < 1.29 is 8.42 Å². The fourth-order valence-corrected chi connectivity index (χ4v) is 3.44. The Morgan fingerprint density at radius 2 is 2.06 bits per heavy atom. The number of hydrogen-bond donors (Lipinski definition) is 2. The van der Waals surface area contributed by atoms with Crippen LogP contribution < -0.4 is 10.0 Å². The van der Waals surface area contributed by atoms with E-state index in [4.69, 9.17) is 0 Å². The van der Waals surface area contributed by atoms with Crippen LogP contribution in [0.3, 0.4) is 0 Å². The zero-order valence-electron chi connectivity index (χ0n) is 9.86. The van der Waals surface area contributed by atoms with E-state index in [0.717, 1.165) is 10.6 Å². The maximum atomic E-state index is 11.8. The molecule has 0 aliphatic heterocycles. The third kappa shape index (κ3) is 3.24. The summed E-state index contributed by atoms with van der Waals surface area (Å²) in [5.41, 5.74) is 0.770. The molecule has 1 aromatic rings. The second-order valence-corrected chi connectivity index (χ2v) is 6.81. The second-order valence-electron chi connectivity index (χ2n) is 3.66. The van der Waals surface area contributed by atoms with Crippen LogP contribution in [0, 0.1) is 13.8 Å². The first kappa shape index (κ1) is 13.6. The smallest absolute Gasteiger partial charge is 0.267 e. The molecule has 0 bridgehead atoms. The molecule has 0 aliphatic carbocycles. The van der Waals surface area contributed by atoms with Crippen LogP contribution in [0.1, 0.15) is 17.5 Å². The Balaban J connectivity index is 2.78. The van der Waals surface area contributed by atoms with Gasteiger partial charge in [0.25, 0.3) is 10.0 Å². The van der Waals surface area contributed by atoms with Crippen molar-refractivity contribution in [1.29, 1.82) is 0 Å². The van der Waals surface area contributed by atoms with Crippen molar-refractivity contribution in [1.82, 2.24) is 15.0 Å². The van der Waals surface area contributed by atoms with E-state index in [1.165, 1.54) is 11.3 Å². The molecular weight excluding hydrogens is 246 g/mol. The van der Waals surface area contributed by atoms with Crippen molar-refractivity contribution in [2.24, 2.45) is 0 Å². The average molecular weight is 263 g/mol. The normalized spacial score (nSPS) is 14.0. The summed E-state index contributed by atoms with van der Waals surface area (Å²) in [5, 5.41) is 2.96. The Morgan fingerprint density at radius 1 is 1.44 bits per heavy atom. The van der Waals surface area contributed by atoms with Gasteiger partial charge in [-0.3, -0.25) is 0 Å². The lowest BCUT2D eigenvalue weighted by Crippen LogP contribution is -2.37. The second kappa shape index (κ2) is 5.22. The minimum Gasteiger partial charge on any atom is -0.316 e. The van der Waals surface area contributed by atoms with E-state index in [0.29, 0.717) is 6.54 Å². The predicted molar refractivity (Wildman–Crippen MR) is 65.3 cm³/mol. The summed E-state index contributed by atoms with van der Waals surface area (Å²) in [6, 6.07) is 0.0944. The van der Waals surface area contributed by atoms with Crippen LogP contribution in [0.4, 0.5) is 0 Å². The molecule has 0 saturated carbocycles. The summed E-state index contributed by atoms with van der Waals surface area (Å²) in [6.07, 6.45) is 0. The number of aryl methyl sites for hydroxylation is 2. The Bertz CT molecular complexity index is 434. The van der Waals surface area contributed by atoms with Crippen molar-refractivity contribution in [2.75, 3.05) is 13.6 Å². The number of aromatic nitrogens is 1. The van der Waals surface area contributed by atoms with E-state index in [9.17, 15) is 8.42 Å². The lowest BCUT2D eigenvalue weighted by Gasteiger charge is -2.10. The molecule has 1 aromatic heterocycles. The molecule has 0 fully saturated rings. The van der Waals surface area contributed by atoms with E-state index in [-0.39, 0.29) is 10.4 Å². The lowest BCUT2D eigenvalue weighted by atomic mass is 10.4. The fraction of sp³-hybridized carbons (Fsp3) is 0.667. The summed E-state index contributed by atoms with van der Waals surface area (Å²) in [7, 11) is -1.66. The van der Waals surface area contributed by atoms with Crippen LogP contribution in [0.2, 0.25) is 0 Å². The molecular formula is C9H17N3O2S2. The molecule has 1 heterocycles. The number of sulfonamides is 1. The predicted octanol–water partition coefficient (Wildman–Crippen LogP) is 0.646. The van der Waals surface area contributed by atoms with Crippen molar-refractivity contribution in [3.63, 3.8) is 0 Å². The minimum atomic E-state index is -3.45. The molecule has 0 amide bonds. The first-order chi connectivity index (χ1) is 7.36. The number of nitrogens with one attached hydrogen (secondary N) is 2. The first-order valence-electron chi connectivity index (χ1n) is 4.97. The van der Waals surface area contributed by atoms with Crippen LogP contribution >= 0.6 is 11.3 Å². The molecule has 5 nitrogen and oxygen atoms in total. The molecule has 0 aliphatic rings. The highest BCUT2D eigenvalue weighted by Crippen LogP contribution is 2.20. The van der Waals surface area contributed by atoms with Gasteiger partial charge in [-0.05, 0) is 27.8 Å². The summed E-state index contributed by atoms with van der Waals surface area (Å²) in [6.45, 7) is 5.93. The average Bonchev–Trinajstić information content (AvgIpc) is 2.56. The van der Waals surface area contributed by atoms with Gasteiger partial charge in [-0.25, -0.2) is 18.1 Å². The van der Waals surface area contributed by atoms with Gasteiger partial charge in [-0.15, -0.1) is 11.3 Å². The maximum Gasteiger partial charge on any atom is 0.267 e. The van der Waals surface area contributed by atoms with Crippen LogP contribution in [0.15, 0.2) is 4.34 Å². The monoisotopic (exact) mass is 263 g/mol. The molecule has 0 saturated heterocycles. The molecule has 0 spiro atoms. The maximum absolute atomic E-state index is 11.8. The van der Waals surface area contributed by atoms with Crippen molar-refractivity contribution in [3.8, 4) is 0 Å². The topological polar surface area (TPSA) is 71.1 Å². The standard InChI is InChI=1S/C9H17N3O2S2/c1-6(10-4)5-11-16(13,14)9-12-7(2)8(3)15-9/h6,10-11H,5H2,1-4H3. The Labute approximate surface area is 100 Å². The molecule has 0 aromatic carbocycles. The molecule has 0 radical (unpaired) electrons. The molecule has 1 unspecified atom stereocenters. The van der Waals surface area contributed by atoms with Gasteiger partial charge >= 0.3 is 0 Å². The van der Waals surface area contributed by atoms with E-state index < -0.39 is 10.0 Å². The van der Waals surface area contributed by atoms with Gasteiger partial charge in [0.1, 0.15) is 0 Å². The highest BCUT2D eigenvalue weighted by molar-refractivity contribution is 7.91. The zero-order chi connectivity index (χ0) is 12.3. The van der Waals surface area contributed by atoms with Gasteiger partial charge < -0.3 is 5.32 Å². The van der Waals surface area contributed by atoms with Gasteiger partial charge in [0.15, 0.2) is 0 Å². The summed E-state index contributed by atoms with van der Waals surface area (Å²) >= 11 is 1.20. The van der Waals surface area contributed by atoms with Crippen LogP contribution in [0.5, 0.6) is 0 Å². The van der Waals surface area contributed by atoms with Gasteiger partial charge in [0.05, 0.1) is 5.69 Å². The molecule has 7 heteroatoms. The number of hydrogen-bond acceptors (Lipinski definition) is 5. The largest absolute Gasteiger partial charge is 0.316 e.